The number of hydrogen-bond donors (Lipinski definition) is 0. The van der Waals surface area contributed by atoms with E-state index in [2.05, 4.69) is 62.4 Å². The van der Waals surface area contributed by atoms with E-state index in [4.69, 9.17) is 0 Å². The average molecular weight is 361 g/mol. The monoisotopic (exact) mass is 360 g/mol. The van der Waals surface area contributed by atoms with Crippen LogP contribution in [0.1, 0.15) is 81.8 Å². The lowest BCUT2D eigenvalue weighted by Crippen LogP contribution is -2.30. The summed E-state index contributed by atoms with van der Waals surface area (Å²) in [4.78, 5) is 0. The van der Waals surface area contributed by atoms with E-state index < -0.39 is 0 Å². The predicted molar refractivity (Wildman–Crippen MR) is 117 cm³/mol. The van der Waals surface area contributed by atoms with Crippen molar-refractivity contribution in [2.24, 2.45) is 17.8 Å². The highest BCUT2D eigenvalue weighted by molar-refractivity contribution is 5.64. The van der Waals surface area contributed by atoms with E-state index >= 15 is 0 Å². The van der Waals surface area contributed by atoms with Crippen LogP contribution in [-0.4, -0.2) is 0 Å². The number of benzene rings is 2. The molecule has 4 atom stereocenters. The molecular formula is C27H36. The lowest BCUT2D eigenvalue weighted by Gasteiger charge is -2.42. The molecule has 4 rings (SSSR count). The Kier molecular flexibility index (Phi) is 6.01. The first-order valence-electron chi connectivity index (χ1n) is 11.4. The van der Waals surface area contributed by atoms with Gasteiger partial charge in [-0.3, -0.25) is 0 Å². The van der Waals surface area contributed by atoms with Crippen molar-refractivity contribution in [1.29, 1.82) is 0 Å². The zero-order valence-electron chi connectivity index (χ0n) is 17.3. The number of aryl methyl sites for hydroxylation is 1. The van der Waals surface area contributed by atoms with Crippen LogP contribution in [-0.2, 0) is 0 Å². The maximum absolute atomic E-state index is 2.41. The van der Waals surface area contributed by atoms with Gasteiger partial charge in [-0.1, -0.05) is 86.7 Å². The Labute approximate surface area is 166 Å². The summed E-state index contributed by atoms with van der Waals surface area (Å²) in [6.07, 6.45) is 13.1. The topological polar surface area (TPSA) is 0 Å². The minimum atomic E-state index is 0.797. The maximum Gasteiger partial charge on any atom is -0.0159 e. The molecule has 27 heavy (non-hydrogen) atoms. The highest BCUT2D eigenvalue weighted by Crippen LogP contribution is 2.48. The second-order valence-electron chi connectivity index (χ2n) is 9.34. The Morgan fingerprint density at radius 2 is 1.37 bits per heavy atom. The number of rotatable bonds is 5. The summed E-state index contributed by atoms with van der Waals surface area (Å²) in [5.41, 5.74) is 5.60. The third-order valence-electron chi connectivity index (χ3n) is 7.45. The summed E-state index contributed by atoms with van der Waals surface area (Å²) in [5.74, 6) is 3.86. The minimum absolute atomic E-state index is 0.797. The second kappa shape index (κ2) is 8.63. The molecule has 0 N–H and O–H groups in total. The van der Waals surface area contributed by atoms with Gasteiger partial charge >= 0.3 is 0 Å². The van der Waals surface area contributed by atoms with Crippen molar-refractivity contribution in [2.45, 2.75) is 77.6 Å². The van der Waals surface area contributed by atoms with Crippen LogP contribution in [0.5, 0.6) is 0 Å². The fourth-order valence-electron chi connectivity index (χ4n) is 5.74. The molecule has 2 fully saturated rings. The van der Waals surface area contributed by atoms with Gasteiger partial charge in [-0.2, -0.15) is 0 Å². The van der Waals surface area contributed by atoms with Gasteiger partial charge in [0.05, 0.1) is 0 Å². The average Bonchev–Trinajstić information content (AvgIpc) is 2.72. The molecule has 0 aromatic heterocycles. The van der Waals surface area contributed by atoms with Crippen LogP contribution in [0.3, 0.4) is 0 Å². The molecule has 0 nitrogen and oxygen atoms in total. The van der Waals surface area contributed by atoms with E-state index in [1.807, 2.05) is 0 Å². The van der Waals surface area contributed by atoms with Crippen LogP contribution in [0.25, 0.3) is 11.1 Å². The molecule has 0 heteroatoms. The van der Waals surface area contributed by atoms with E-state index in [0.717, 1.165) is 23.7 Å². The van der Waals surface area contributed by atoms with Crippen molar-refractivity contribution >= 4 is 0 Å². The zero-order valence-corrected chi connectivity index (χ0v) is 17.3. The van der Waals surface area contributed by atoms with Crippen LogP contribution in [0, 0.1) is 24.7 Å². The summed E-state index contributed by atoms with van der Waals surface area (Å²) in [6.45, 7) is 4.49. The SMILES string of the molecule is CCCCC1CCC2CC(c3ccc(-c4ccc(C)cc4)cc3)CCC2C1. The molecule has 0 bridgehead atoms. The van der Waals surface area contributed by atoms with Crippen LogP contribution >= 0.6 is 0 Å². The van der Waals surface area contributed by atoms with E-state index in [9.17, 15) is 0 Å². The predicted octanol–water partition coefficient (Wildman–Crippen LogP) is 8.15. The molecule has 0 amide bonds. The first-order chi connectivity index (χ1) is 13.2. The molecular weight excluding hydrogens is 324 g/mol. The molecule has 0 heterocycles. The molecule has 2 aliphatic rings. The summed E-state index contributed by atoms with van der Waals surface area (Å²) in [7, 11) is 0. The summed E-state index contributed by atoms with van der Waals surface area (Å²) in [6, 6.07) is 18.4. The zero-order chi connectivity index (χ0) is 18.6. The summed E-state index contributed by atoms with van der Waals surface area (Å²) < 4.78 is 0. The van der Waals surface area contributed by atoms with E-state index in [1.54, 1.807) is 5.56 Å². The Morgan fingerprint density at radius 3 is 2.07 bits per heavy atom. The Morgan fingerprint density at radius 1 is 0.741 bits per heavy atom. The standard InChI is InChI=1S/C27H36/c1-3-4-5-21-8-11-27-19-26(17-16-25(27)18-21)24-14-12-23(13-15-24)22-9-6-20(2)7-10-22/h6-7,9-10,12-15,21,25-27H,3-5,8,11,16-19H2,1-2H3. The summed E-state index contributed by atoms with van der Waals surface area (Å²) in [5, 5.41) is 0. The van der Waals surface area contributed by atoms with Crippen molar-refractivity contribution in [1.82, 2.24) is 0 Å². The smallest absolute Gasteiger partial charge is 0.0159 e. The first-order valence-corrected chi connectivity index (χ1v) is 11.4. The van der Waals surface area contributed by atoms with Gasteiger partial charge < -0.3 is 0 Å². The molecule has 2 aliphatic carbocycles. The molecule has 0 spiro atoms. The van der Waals surface area contributed by atoms with Gasteiger partial charge in [-0.15, -0.1) is 0 Å². The van der Waals surface area contributed by atoms with Crippen LogP contribution in [0.2, 0.25) is 0 Å². The van der Waals surface area contributed by atoms with Gasteiger partial charge in [0.1, 0.15) is 0 Å². The van der Waals surface area contributed by atoms with Crippen molar-refractivity contribution < 1.29 is 0 Å². The van der Waals surface area contributed by atoms with E-state index in [-0.39, 0.29) is 0 Å². The molecule has 2 aromatic rings. The Balaban J connectivity index is 1.37. The largest absolute Gasteiger partial charge is 0.0654 e. The molecule has 4 unspecified atom stereocenters. The van der Waals surface area contributed by atoms with Crippen LogP contribution in [0.4, 0.5) is 0 Å². The van der Waals surface area contributed by atoms with Gasteiger partial charge in [0.15, 0.2) is 0 Å². The fourth-order valence-corrected chi connectivity index (χ4v) is 5.74. The lowest BCUT2D eigenvalue weighted by molar-refractivity contribution is 0.113. The van der Waals surface area contributed by atoms with Gasteiger partial charge in [0.2, 0.25) is 0 Å². The summed E-state index contributed by atoms with van der Waals surface area (Å²) >= 11 is 0. The fraction of sp³-hybridized carbons (Fsp3) is 0.556. The molecule has 0 aliphatic heterocycles. The van der Waals surface area contributed by atoms with Crippen molar-refractivity contribution in [3.05, 3.63) is 59.7 Å². The highest BCUT2D eigenvalue weighted by Gasteiger charge is 2.35. The Bertz CT molecular complexity index is 709. The Hall–Kier alpha value is -1.56. The van der Waals surface area contributed by atoms with Gasteiger partial charge in [-0.05, 0) is 79.4 Å². The third kappa shape index (κ3) is 4.48. The van der Waals surface area contributed by atoms with Crippen LogP contribution < -0.4 is 0 Å². The normalized spacial score (nSPS) is 27.9. The quantitative estimate of drug-likeness (QED) is 0.504. The van der Waals surface area contributed by atoms with Gasteiger partial charge in [0.25, 0.3) is 0 Å². The molecule has 144 valence electrons. The molecule has 0 radical (unpaired) electrons. The first kappa shape index (κ1) is 18.8. The van der Waals surface area contributed by atoms with E-state index in [1.165, 1.54) is 74.5 Å². The number of fused-ring (bicyclic) bond motifs is 1. The molecule has 2 saturated carbocycles. The van der Waals surface area contributed by atoms with Gasteiger partial charge in [-0.25, -0.2) is 0 Å². The highest BCUT2D eigenvalue weighted by atomic mass is 14.4. The minimum Gasteiger partial charge on any atom is -0.0654 e. The van der Waals surface area contributed by atoms with Crippen molar-refractivity contribution in [3.8, 4) is 11.1 Å². The maximum atomic E-state index is 2.41. The number of hydrogen-bond acceptors (Lipinski definition) is 0. The molecule has 0 saturated heterocycles. The number of unbranched alkanes of at least 4 members (excludes halogenated alkanes) is 1. The van der Waals surface area contributed by atoms with Crippen LogP contribution in [0.15, 0.2) is 48.5 Å². The van der Waals surface area contributed by atoms with Crippen molar-refractivity contribution in [3.63, 3.8) is 0 Å². The second-order valence-corrected chi connectivity index (χ2v) is 9.34. The molecule has 2 aromatic carbocycles. The van der Waals surface area contributed by atoms with E-state index in [0.29, 0.717) is 0 Å². The van der Waals surface area contributed by atoms with Gasteiger partial charge in [0, 0.05) is 0 Å². The lowest BCUT2D eigenvalue weighted by atomic mass is 9.63. The van der Waals surface area contributed by atoms with Crippen molar-refractivity contribution in [2.75, 3.05) is 0 Å². The third-order valence-corrected chi connectivity index (χ3v) is 7.45.